The summed E-state index contributed by atoms with van der Waals surface area (Å²) >= 11 is 0. The van der Waals surface area contributed by atoms with Crippen LogP contribution in [0.2, 0.25) is 0 Å². The molecule has 1 N–H and O–H groups in total. The van der Waals surface area contributed by atoms with Crippen LogP contribution in [0.1, 0.15) is 33.1 Å². The van der Waals surface area contributed by atoms with E-state index in [1.54, 1.807) is 13.4 Å². The molecule has 2 aliphatic rings. The van der Waals surface area contributed by atoms with Gasteiger partial charge >= 0.3 is 6.03 Å². The molecule has 0 radical (unpaired) electrons. The summed E-state index contributed by atoms with van der Waals surface area (Å²) in [6.07, 6.45) is 4.88. The van der Waals surface area contributed by atoms with E-state index in [2.05, 4.69) is 20.2 Å². The summed E-state index contributed by atoms with van der Waals surface area (Å²) in [5, 5.41) is 3.00. The SMILES string of the molecule is COc1cc(N2CCC[C@@]3(CCN(C(=O)NC(C)C)C3)C2)ncn1. The summed E-state index contributed by atoms with van der Waals surface area (Å²) in [5.74, 6) is 1.50. The monoisotopic (exact) mass is 333 g/mol. The molecule has 2 saturated heterocycles. The maximum absolute atomic E-state index is 12.3. The molecule has 2 amide bonds. The number of carbonyl (C=O) groups is 1. The van der Waals surface area contributed by atoms with E-state index in [1.807, 2.05) is 24.8 Å². The number of amides is 2. The summed E-state index contributed by atoms with van der Waals surface area (Å²) in [6.45, 7) is 7.56. The molecule has 0 bridgehead atoms. The van der Waals surface area contributed by atoms with Gasteiger partial charge in [0.25, 0.3) is 0 Å². The largest absolute Gasteiger partial charge is 0.481 e. The van der Waals surface area contributed by atoms with Crippen molar-refractivity contribution in [1.82, 2.24) is 20.2 Å². The standard InChI is InChI=1S/C17H27N5O2/c1-13(2)20-16(23)22-8-6-17(11-22)5-4-7-21(10-17)14-9-15(24-3)19-12-18-14/h9,12-13H,4-8,10-11H2,1-3H3,(H,20,23)/t17-/m1/s1. The summed E-state index contributed by atoms with van der Waals surface area (Å²) in [6, 6.07) is 2.12. The van der Waals surface area contributed by atoms with Crippen LogP contribution in [0.25, 0.3) is 0 Å². The number of methoxy groups -OCH3 is 1. The molecule has 7 nitrogen and oxygen atoms in total. The van der Waals surface area contributed by atoms with Crippen molar-refractivity contribution in [3.63, 3.8) is 0 Å². The van der Waals surface area contributed by atoms with E-state index in [-0.39, 0.29) is 17.5 Å². The third-order valence-electron chi connectivity index (χ3n) is 4.96. The molecule has 7 heteroatoms. The fourth-order valence-corrected chi connectivity index (χ4v) is 3.80. The predicted molar refractivity (Wildman–Crippen MR) is 92.3 cm³/mol. The number of nitrogens with zero attached hydrogens (tertiary/aromatic N) is 4. The van der Waals surface area contributed by atoms with Gasteiger partial charge in [-0.25, -0.2) is 14.8 Å². The first-order valence-electron chi connectivity index (χ1n) is 8.68. The number of piperidine rings is 1. The molecular weight excluding hydrogens is 306 g/mol. The Morgan fingerprint density at radius 1 is 1.29 bits per heavy atom. The number of urea groups is 1. The van der Waals surface area contributed by atoms with Gasteiger partial charge in [0.2, 0.25) is 5.88 Å². The number of hydrogen-bond acceptors (Lipinski definition) is 5. The second kappa shape index (κ2) is 6.83. The molecule has 2 fully saturated rings. The topological polar surface area (TPSA) is 70.6 Å². The van der Waals surface area contributed by atoms with Crippen molar-refractivity contribution in [3.8, 4) is 5.88 Å². The normalized spacial score (nSPS) is 23.8. The third kappa shape index (κ3) is 3.55. The Morgan fingerprint density at radius 3 is 2.88 bits per heavy atom. The van der Waals surface area contributed by atoms with Crippen molar-refractivity contribution in [2.75, 3.05) is 38.2 Å². The molecule has 0 saturated carbocycles. The highest BCUT2D eigenvalue weighted by Gasteiger charge is 2.43. The first-order chi connectivity index (χ1) is 11.5. The zero-order chi connectivity index (χ0) is 17.2. The summed E-state index contributed by atoms with van der Waals surface area (Å²) in [5.41, 5.74) is 0.171. The second-order valence-electron chi connectivity index (χ2n) is 7.22. The number of rotatable bonds is 3. The molecule has 1 atom stereocenters. The van der Waals surface area contributed by atoms with Gasteiger partial charge in [0.1, 0.15) is 12.1 Å². The van der Waals surface area contributed by atoms with Gasteiger partial charge in [-0.1, -0.05) is 0 Å². The van der Waals surface area contributed by atoms with Crippen LogP contribution in [0.15, 0.2) is 12.4 Å². The van der Waals surface area contributed by atoms with Crippen LogP contribution >= 0.6 is 0 Å². The van der Waals surface area contributed by atoms with Crippen LogP contribution in [0.5, 0.6) is 5.88 Å². The molecule has 1 aromatic heterocycles. The molecule has 1 spiro atoms. The van der Waals surface area contributed by atoms with Gasteiger partial charge in [-0.2, -0.15) is 0 Å². The molecular formula is C17H27N5O2. The Morgan fingerprint density at radius 2 is 2.12 bits per heavy atom. The third-order valence-corrected chi connectivity index (χ3v) is 4.96. The molecule has 2 aliphatic heterocycles. The number of ether oxygens (including phenoxy) is 1. The zero-order valence-electron chi connectivity index (χ0n) is 14.8. The lowest BCUT2D eigenvalue weighted by Crippen LogP contribution is -2.47. The predicted octanol–water partition coefficient (Wildman–Crippen LogP) is 1.90. The van der Waals surface area contributed by atoms with Gasteiger partial charge in [-0.05, 0) is 33.1 Å². The van der Waals surface area contributed by atoms with Crippen LogP contribution in [0.3, 0.4) is 0 Å². The molecule has 0 unspecified atom stereocenters. The fraction of sp³-hybridized carbons (Fsp3) is 0.706. The minimum absolute atomic E-state index is 0.0581. The fourth-order valence-electron chi connectivity index (χ4n) is 3.80. The Bertz CT molecular complexity index is 594. The van der Waals surface area contributed by atoms with Crippen molar-refractivity contribution in [3.05, 3.63) is 12.4 Å². The minimum atomic E-state index is 0.0581. The van der Waals surface area contributed by atoms with Crippen LogP contribution in [-0.4, -0.2) is 60.2 Å². The second-order valence-corrected chi connectivity index (χ2v) is 7.22. The van der Waals surface area contributed by atoms with Crippen LogP contribution < -0.4 is 15.0 Å². The number of likely N-dealkylation sites (tertiary alicyclic amines) is 1. The number of hydrogen-bond donors (Lipinski definition) is 1. The molecule has 1 aromatic rings. The Labute approximate surface area is 143 Å². The average Bonchev–Trinajstić information content (AvgIpc) is 2.98. The Kier molecular flexibility index (Phi) is 4.78. The highest BCUT2D eigenvalue weighted by molar-refractivity contribution is 5.74. The lowest BCUT2D eigenvalue weighted by molar-refractivity contribution is 0.190. The number of carbonyl (C=O) groups excluding carboxylic acids is 1. The Hall–Kier alpha value is -2.05. The van der Waals surface area contributed by atoms with Gasteiger partial charge in [0.05, 0.1) is 7.11 Å². The smallest absolute Gasteiger partial charge is 0.317 e. The van der Waals surface area contributed by atoms with E-state index in [0.29, 0.717) is 5.88 Å². The van der Waals surface area contributed by atoms with Gasteiger partial charge < -0.3 is 19.9 Å². The summed E-state index contributed by atoms with van der Waals surface area (Å²) in [7, 11) is 1.62. The van der Waals surface area contributed by atoms with Gasteiger partial charge in [-0.15, -0.1) is 0 Å². The van der Waals surface area contributed by atoms with Crippen molar-refractivity contribution in [1.29, 1.82) is 0 Å². The van der Waals surface area contributed by atoms with E-state index >= 15 is 0 Å². The summed E-state index contributed by atoms with van der Waals surface area (Å²) < 4.78 is 5.21. The summed E-state index contributed by atoms with van der Waals surface area (Å²) in [4.78, 5) is 25.0. The van der Waals surface area contributed by atoms with Crippen LogP contribution in [0, 0.1) is 5.41 Å². The molecule has 0 aliphatic carbocycles. The number of anilines is 1. The van der Waals surface area contributed by atoms with Gasteiger partial charge in [0.15, 0.2) is 0 Å². The van der Waals surface area contributed by atoms with E-state index in [0.717, 1.165) is 51.3 Å². The van der Waals surface area contributed by atoms with Gasteiger partial charge in [-0.3, -0.25) is 0 Å². The van der Waals surface area contributed by atoms with E-state index in [9.17, 15) is 4.79 Å². The van der Waals surface area contributed by atoms with Crippen LogP contribution in [0.4, 0.5) is 10.6 Å². The van der Waals surface area contributed by atoms with Crippen molar-refractivity contribution >= 4 is 11.8 Å². The van der Waals surface area contributed by atoms with Crippen molar-refractivity contribution < 1.29 is 9.53 Å². The molecule has 24 heavy (non-hydrogen) atoms. The molecule has 3 rings (SSSR count). The molecule has 132 valence electrons. The molecule has 3 heterocycles. The average molecular weight is 333 g/mol. The number of nitrogens with one attached hydrogen (secondary N) is 1. The minimum Gasteiger partial charge on any atom is -0.481 e. The van der Waals surface area contributed by atoms with E-state index in [4.69, 9.17) is 4.74 Å². The quantitative estimate of drug-likeness (QED) is 0.915. The van der Waals surface area contributed by atoms with Gasteiger partial charge in [0, 0.05) is 43.7 Å². The maximum Gasteiger partial charge on any atom is 0.317 e. The molecule has 0 aromatic carbocycles. The van der Waals surface area contributed by atoms with E-state index < -0.39 is 0 Å². The first kappa shape index (κ1) is 16.8. The highest BCUT2D eigenvalue weighted by atomic mass is 16.5. The lowest BCUT2D eigenvalue weighted by atomic mass is 9.79. The first-order valence-corrected chi connectivity index (χ1v) is 8.68. The van der Waals surface area contributed by atoms with Crippen molar-refractivity contribution in [2.45, 2.75) is 39.2 Å². The zero-order valence-corrected chi connectivity index (χ0v) is 14.8. The van der Waals surface area contributed by atoms with Crippen LogP contribution in [-0.2, 0) is 0 Å². The lowest BCUT2D eigenvalue weighted by Gasteiger charge is -2.41. The highest BCUT2D eigenvalue weighted by Crippen LogP contribution is 2.40. The Balaban J connectivity index is 1.68. The van der Waals surface area contributed by atoms with Crippen molar-refractivity contribution in [2.24, 2.45) is 5.41 Å². The number of aromatic nitrogens is 2. The van der Waals surface area contributed by atoms with E-state index in [1.165, 1.54) is 0 Å². The maximum atomic E-state index is 12.3.